The third-order valence-electron chi connectivity index (χ3n) is 4.39. The first-order valence-corrected chi connectivity index (χ1v) is 9.36. The van der Waals surface area contributed by atoms with Crippen molar-refractivity contribution in [2.45, 2.75) is 50.3 Å². The van der Waals surface area contributed by atoms with E-state index >= 15 is 0 Å². The van der Waals surface area contributed by atoms with Gasteiger partial charge in [-0.25, -0.2) is 8.42 Å². The predicted molar refractivity (Wildman–Crippen MR) is 80.5 cm³/mol. The highest BCUT2D eigenvalue weighted by molar-refractivity contribution is 7.91. The molecule has 3 unspecified atom stereocenters. The number of nitrogens with one attached hydrogen (secondary N) is 1. The van der Waals surface area contributed by atoms with Crippen LogP contribution >= 0.6 is 0 Å². The van der Waals surface area contributed by atoms with Gasteiger partial charge in [0.15, 0.2) is 0 Å². The van der Waals surface area contributed by atoms with Gasteiger partial charge < -0.3 is 9.73 Å². The molecule has 1 saturated carbocycles. The number of furan rings is 1. The van der Waals surface area contributed by atoms with Crippen molar-refractivity contribution in [1.29, 1.82) is 0 Å². The standard InChI is InChI=1S/C15H25NO3S/c1-4-12-8-9-14(19-12)15(16-2)11-6-5-7-13(10-11)20(3,17)18/h8-9,11,13,15-16H,4-7,10H2,1-3H3. The van der Waals surface area contributed by atoms with Crippen molar-refractivity contribution in [3.63, 3.8) is 0 Å². The van der Waals surface area contributed by atoms with Crippen LogP contribution in [0.4, 0.5) is 0 Å². The molecule has 1 aliphatic rings. The summed E-state index contributed by atoms with van der Waals surface area (Å²) in [7, 11) is -1.02. The molecule has 0 radical (unpaired) electrons. The van der Waals surface area contributed by atoms with Crippen LogP contribution in [0.15, 0.2) is 16.5 Å². The van der Waals surface area contributed by atoms with Crippen molar-refractivity contribution in [2.75, 3.05) is 13.3 Å². The number of aryl methyl sites for hydroxylation is 1. The zero-order valence-corrected chi connectivity index (χ0v) is 13.4. The molecule has 0 amide bonds. The lowest BCUT2D eigenvalue weighted by Crippen LogP contribution is -2.34. The molecule has 1 heterocycles. The van der Waals surface area contributed by atoms with Gasteiger partial charge in [-0.3, -0.25) is 0 Å². The first-order valence-electron chi connectivity index (χ1n) is 7.40. The summed E-state index contributed by atoms with van der Waals surface area (Å²) >= 11 is 0. The van der Waals surface area contributed by atoms with Crippen LogP contribution in [-0.2, 0) is 16.3 Å². The first-order chi connectivity index (χ1) is 9.45. The first kappa shape index (κ1) is 15.6. The number of hydrogen-bond donors (Lipinski definition) is 1. The zero-order chi connectivity index (χ0) is 14.8. The highest BCUT2D eigenvalue weighted by Crippen LogP contribution is 2.37. The Labute approximate surface area is 121 Å². The third-order valence-corrected chi connectivity index (χ3v) is 6.03. The van der Waals surface area contributed by atoms with E-state index < -0.39 is 9.84 Å². The van der Waals surface area contributed by atoms with E-state index in [0.29, 0.717) is 5.92 Å². The van der Waals surface area contributed by atoms with E-state index in [2.05, 4.69) is 12.2 Å². The minimum Gasteiger partial charge on any atom is -0.464 e. The second kappa shape index (κ2) is 6.31. The van der Waals surface area contributed by atoms with Gasteiger partial charge in [0.05, 0.1) is 11.3 Å². The molecule has 0 aliphatic heterocycles. The van der Waals surface area contributed by atoms with Gasteiger partial charge in [-0.2, -0.15) is 0 Å². The fourth-order valence-corrected chi connectivity index (χ4v) is 4.43. The molecule has 20 heavy (non-hydrogen) atoms. The summed E-state index contributed by atoms with van der Waals surface area (Å²) in [6.45, 7) is 2.07. The van der Waals surface area contributed by atoms with Gasteiger partial charge >= 0.3 is 0 Å². The molecule has 2 rings (SSSR count). The van der Waals surface area contributed by atoms with Crippen LogP contribution in [-0.4, -0.2) is 27.0 Å². The molecule has 114 valence electrons. The Hall–Kier alpha value is -0.810. The van der Waals surface area contributed by atoms with Crippen LogP contribution in [0.5, 0.6) is 0 Å². The molecular formula is C15H25NO3S. The molecule has 4 nitrogen and oxygen atoms in total. The highest BCUT2D eigenvalue weighted by Gasteiger charge is 2.34. The van der Waals surface area contributed by atoms with Crippen molar-refractivity contribution in [2.24, 2.45) is 5.92 Å². The summed E-state index contributed by atoms with van der Waals surface area (Å²) in [4.78, 5) is 0. The Kier molecular flexibility index (Phi) is 4.91. The fraction of sp³-hybridized carbons (Fsp3) is 0.733. The maximum atomic E-state index is 11.8. The largest absolute Gasteiger partial charge is 0.464 e. The van der Waals surface area contributed by atoms with Crippen molar-refractivity contribution in [1.82, 2.24) is 5.32 Å². The van der Waals surface area contributed by atoms with E-state index in [1.165, 1.54) is 6.26 Å². The molecule has 1 fully saturated rings. The summed E-state index contributed by atoms with van der Waals surface area (Å²) in [5.74, 6) is 2.24. The quantitative estimate of drug-likeness (QED) is 0.908. The van der Waals surface area contributed by atoms with E-state index in [-0.39, 0.29) is 11.3 Å². The van der Waals surface area contributed by atoms with E-state index in [9.17, 15) is 8.42 Å². The topological polar surface area (TPSA) is 59.3 Å². The van der Waals surface area contributed by atoms with E-state index in [0.717, 1.165) is 43.6 Å². The Morgan fingerprint density at radius 1 is 1.40 bits per heavy atom. The van der Waals surface area contributed by atoms with Gasteiger partial charge in [-0.15, -0.1) is 0 Å². The maximum absolute atomic E-state index is 11.8. The van der Waals surface area contributed by atoms with Crippen LogP contribution in [0.25, 0.3) is 0 Å². The van der Waals surface area contributed by atoms with Crippen LogP contribution in [0.3, 0.4) is 0 Å². The van der Waals surface area contributed by atoms with Crippen LogP contribution < -0.4 is 5.32 Å². The molecule has 0 spiro atoms. The summed E-state index contributed by atoms with van der Waals surface area (Å²) in [6.07, 6.45) is 5.79. The molecule has 1 aromatic rings. The van der Waals surface area contributed by atoms with Crippen LogP contribution in [0, 0.1) is 5.92 Å². The monoisotopic (exact) mass is 299 g/mol. The SMILES string of the molecule is CCc1ccc(C(NC)C2CCCC(S(C)(=O)=O)C2)o1. The molecule has 1 N–H and O–H groups in total. The molecule has 0 saturated heterocycles. The van der Waals surface area contributed by atoms with Crippen LogP contribution in [0.2, 0.25) is 0 Å². The lowest BCUT2D eigenvalue weighted by Gasteiger charge is -2.32. The van der Waals surface area contributed by atoms with E-state index in [1.54, 1.807) is 0 Å². The molecule has 1 aliphatic carbocycles. The lowest BCUT2D eigenvalue weighted by atomic mass is 9.82. The highest BCUT2D eigenvalue weighted by atomic mass is 32.2. The smallest absolute Gasteiger partial charge is 0.150 e. The zero-order valence-electron chi connectivity index (χ0n) is 12.6. The minimum atomic E-state index is -2.94. The maximum Gasteiger partial charge on any atom is 0.150 e. The summed E-state index contributed by atoms with van der Waals surface area (Å²) in [5.41, 5.74) is 0. The fourth-order valence-electron chi connectivity index (χ4n) is 3.23. The Balaban J connectivity index is 2.15. The number of sulfone groups is 1. The van der Waals surface area contributed by atoms with Crippen LogP contribution in [0.1, 0.15) is 50.2 Å². The average molecular weight is 299 g/mol. The molecule has 3 atom stereocenters. The van der Waals surface area contributed by atoms with Gasteiger partial charge in [0.25, 0.3) is 0 Å². The number of rotatable bonds is 5. The average Bonchev–Trinajstić information content (AvgIpc) is 2.88. The Morgan fingerprint density at radius 2 is 2.15 bits per heavy atom. The van der Waals surface area contributed by atoms with Gasteiger partial charge in [-0.1, -0.05) is 13.3 Å². The molecule has 5 heteroatoms. The van der Waals surface area contributed by atoms with E-state index in [1.807, 2.05) is 19.2 Å². The van der Waals surface area contributed by atoms with Gasteiger partial charge in [0, 0.05) is 12.7 Å². The van der Waals surface area contributed by atoms with Crippen molar-refractivity contribution >= 4 is 9.84 Å². The van der Waals surface area contributed by atoms with Crippen molar-refractivity contribution < 1.29 is 12.8 Å². The molecular weight excluding hydrogens is 274 g/mol. The van der Waals surface area contributed by atoms with E-state index in [4.69, 9.17) is 4.42 Å². The van der Waals surface area contributed by atoms with Gasteiger partial charge in [0.2, 0.25) is 0 Å². The number of hydrogen-bond acceptors (Lipinski definition) is 4. The molecule has 1 aromatic heterocycles. The summed E-state index contributed by atoms with van der Waals surface area (Å²) in [5, 5.41) is 3.11. The lowest BCUT2D eigenvalue weighted by molar-refractivity contribution is 0.251. The molecule has 0 bridgehead atoms. The second-order valence-electron chi connectivity index (χ2n) is 5.80. The summed E-state index contributed by atoms with van der Waals surface area (Å²) < 4.78 is 29.4. The third kappa shape index (κ3) is 3.44. The van der Waals surface area contributed by atoms with Crippen molar-refractivity contribution in [3.05, 3.63) is 23.7 Å². The Bertz CT molecular complexity index is 535. The minimum absolute atomic E-state index is 0.111. The van der Waals surface area contributed by atoms with Gasteiger partial charge in [0.1, 0.15) is 21.4 Å². The summed E-state index contributed by atoms with van der Waals surface area (Å²) in [6, 6.07) is 4.14. The Morgan fingerprint density at radius 3 is 2.70 bits per heavy atom. The normalized spacial score (nSPS) is 25.6. The predicted octanol–water partition coefficient (Wildman–Crippen LogP) is 2.71. The second-order valence-corrected chi connectivity index (χ2v) is 8.13. The molecule has 0 aromatic carbocycles. The van der Waals surface area contributed by atoms with Crippen molar-refractivity contribution in [3.8, 4) is 0 Å². The van der Waals surface area contributed by atoms with Gasteiger partial charge in [-0.05, 0) is 44.4 Å².